The van der Waals surface area contributed by atoms with Crippen LogP contribution >= 0.6 is 0 Å². The molecule has 0 fully saturated rings. The number of hydrogen-bond acceptors (Lipinski definition) is 3. The summed E-state index contributed by atoms with van der Waals surface area (Å²) < 4.78 is 29.0. The van der Waals surface area contributed by atoms with E-state index in [-0.39, 0.29) is 5.75 Å². The highest BCUT2D eigenvalue weighted by Gasteiger charge is 2.10. The summed E-state index contributed by atoms with van der Waals surface area (Å²) in [5.74, 6) is 0.184. The number of alkyl halides is 2. The predicted molar refractivity (Wildman–Crippen MR) is 68.5 cm³/mol. The van der Waals surface area contributed by atoms with Crippen LogP contribution in [0, 0.1) is 13.8 Å². The topological polar surface area (TPSA) is 49.9 Å². The maximum atomic E-state index is 12.3. The molecule has 0 aliphatic heterocycles. The summed E-state index contributed by atoms with van der Waals surface area (Å²) in [4.78, 5) is 0. The van der Waals surface area contributed by atoms with Crippen molar-refractivity contribution in [3.05, 3.63) is 41.2 Å². The molecule has 0 amide bonds. The second-order valence-electron chi connectivity index (χ2n) is 4.15. The molecule has 1 aromatic carbocycles. The number of nitrogens with one attached hydrogen (secondary N) is 2. The van der Waals surface area contributed by atoms with Gasteiger partial charge in [0, 0.05) is 12.1 Å². The minimum absolute atomic E-state index is 0.184. The van der Waals surface area contributed by atoms with Crippen molar-refractivity contribution in [3.63, 3.8) is 0 Å². The molecule has 4 nitrogen and oxygen atoms in total. The van der Waals surface area contributed by atoms with E-state index >= 15 is 0 Å². The van der Waals surface area contributed by atoms with Crippen molar-refractivity contribution < 1.29 is 13.5 Å². The Kier molecular flexibility index (Phi) is 3.99. The molecule has 0 saturated heterocycles. The van der Waals surface area contributed by atoms with Gasteiger partial charge in [-0.25, -0.2) is 0 Å². The summed E-state index contributed by atoms with van der Waals surface area (Å²) in [6.07, 6.45) is 0. The smallest absolute Gasteiger partial charge is 0.387 e. The third kappa shape index (κ3) is 3.21. The lowest BCUT2D eigenvalue weighted by Gasteiger charge is -2.12. The summed E-state index contributed by atoms with van der Waals surface area (Å²) >= 11 is 0. The van der Waals surface area contributed by atoms with Crippen LogP contribution in [0.4, 0.5) is 14.5 Å². The van der Waals surface area contributed by atoms with Crippen molar-refractivity contribution in [2.24, 2.45) is 0 Å². The average Bonchev–Trinajstić information content (AvgIpc) is 2.68. The summed E-state index contributed by atoms with van der Waals surface area (Å²) in [6, 6.07) is 6.72. The van der Waals surface area contributed by atoms with Crippen molar-refractivity contribution in [3.8, 4) is 5.75 Å². The molecule has 1 aromatic heterocycles. The number of nitrogens with zero attached hydrogens (tertiary/aromatic N) is 1. The second kappa shape index (κ2) is 5.69. The zero-order chi connectivity index (χ0) is 13.8. The van der Waals surface area contributed by atoms with E-state index in [0.717, 1.165) is 17.1 Å². The fourth-order valence-electron chi connectivity index (χ4n) is 1.86. The first kappa shape index (κ1) is 13.3. The van der Waals surface area contributed by atoms with Crippen LogP contribution in [0.1, 0.15) is 17.0 Å². The van der Waals surface area contributed by atoms with Crippen LogP contribution in [0.2, 0.25) is 0 Å². The molecule has 2 aromatic rings. The van der Waals surface area contributed by atoms with E-state index in [9.17, 15) is 8.78 Å². The normalized spacial score (nSPS) is 10.8. The number of aromatic nitrogens is 2. The minimum Gasteiger partial charge on any atom is -0.434 e. The summed E-state index contributed by atoms with van der Waals surface area (Å²) in [7, 11) is 0. The van der Waals surface area contributed by atoms with Crippen LogP contribution in [0.15, 0.2) is 24.3 Å². The molecule has 0 aliphatic rings. The quantitative estimate of drug-likeness (QED) is 0.874. The Bertz CT molecular complexity index is 535. The molecule has 19 heavy (non-hydrogen) atoms. The predicted octanol–water partition coefficient (Wildman–Crippen LogP) is 3.24. The Morgan fingerprint density at radius 1 is 1.32 bits per heavy atom. The van der Waals surface area contributed by atoms with Gasteiger partial charge in [-0.3, -0.25) is 5.10 Å². The summed E-state index contributed by atoms with van der Waals surface area (Å²) in [5.41, 5.74) is 3.30. The first-order chi connectivity index (χ1) is 9.08. The van der Waals surface area contributed by atoms with Gasteiger partial charge in [-0.2, -0.15) is 13.9 Å². The zero-order valence-corrected chi connectivity index (χ0v) is 10.7. The maximum absolute atomic E-state index is 12.3. The number of hydrogen-bond donors (Lipinski definition) is 2. The Hall–Kier alpha value is -2.11. The van der Waals surface area contributed by atoms with Gasteiger partial charge in [0.05, 0.1) is 17.1 Å². The third-order valence-corrected chi connectivity index (χ3v) is 2.77. The van der Waals surface area contributed by atoms with Crippen LogP contribution in [0.3, 0.4) is 0 Å². The number of anilines is 1. The first-order valence-corrected chi connectivity index (χ1v) is 5.86. The van der Waals surface area contributed by atoms with E-state index in [1.54, 1.807) is 18.2 Å². The first-order valence-electron chi connectivity index (χ1n) is 5.86. The molecule has 6 heteroatoms. The lowest BCUT2D eigenvalue weighted by atomic mass is 10.2. The number of H-pyrrole nitrogens is 1. The molecule has 0 radical (unpaired) electrons. The van der Waals surface area contributed by atoms with Crippen molar-refractivity contribution in [2.45, 2.75) is 27.0 Å². The minimum atomic E-state index is -2.82. The number of aromatic amines is 1. The Morgan fingerprint density at radius 3 is 2.68 bits per heavy atom. The van der Waals surface area contributed by atoms with E-state index in [1.807, 2.05) is 13.8 Å². The molecular weight excluding hydrogens is 252 g/mol. The van der Waals surface area contributed by atoms with Crippen molar-refractivity contribution in [2.75, 3.05) is 5.32 Å². The molecule has 0 atom stereocenters. The summed E-state index contributed by atoms with van der Waals surface area (Å²) in [5, 5.41) is 10.1. The van der Waals surface area contributed by atoms with Gasteiger partial charge in [-0.05, 0) is 19.9 Å². The monoisotopic (exact) mass is 267 g/mol. The van der Waals surface area contributed by atoms with Crippen LogP contribution in [-0.2, 0) is 6.54 Å². The zero-order valence-electron chi connectivity index (χ0n) is 10.7. The third-order valence-electron chi connectivity index (χ3n) is 2.77. The highest BCUT2D eigenvalue weighted by molar-refractivity contribution is 5.52. The van der Waals surface area contributed by atoms with Crippen LogP contribution in [-0.4, -0.2) is 16.8 Å². The highest BCUT2D eigenvalue weighted by Crippen LogP contribution is 2.23. The van der Waals surface area contributed by atoms with Gasteiger partial charge >= 0.3 is 6.61 Å². The Labute approximate surface area is 109 Å². The molecule has 0 bridgehead atoms. The number of benzene rings is 1. The number of ether oxygens (including phenoxy) is 1. The number of halogens is 2. The van der Waals surface area contributed by atoms with Crippen molar-refractivity contribution in [1.82, 2.24) is 10.2 Å². The number of para-hydroxylation sites is 1. The molecule has 0 aliphatic carbocycles. The average molecular weight is 267 g/mol. The van der Waals surface area contributed by atoms with Gasteiger partial charge in [0.25, 0.3) is 0 Å². The van der Waals surface area contributed by atoms with Gasteiger partial charge in [-0.1, -0.05) is 18.2 Å². The second-order valence-corrected chi connectivity index (χ2v) is 4.15. The fourth-order valence-corrected chi connectivity index (χ4v) is 1.86. The van der Waals surface area contributed by atoms with E-state index in [2.05, 4.69) is 20.3 Å². The lowest BCUT2D eigenvalue weighted by Crippen LogP contribution is -2.07. The lowest BCUT2D eigenvalue weighted by molar-refractivity contribution is -0.0504. The summed E-state index contributed by atoms with van der Waals surface area (Å²) in [6.45, 7) is 1.33. The molecule has 0 unspecified atom stereocenters. The van der Waals surface area contributed by atoms with Gasteiger partial charge < -0.3 is 10.1 Å². The molecule has 0 spiro atoms. The van der Waals surface area contributed by atoms with Crippen LogP contribution < -0.4 is 10.1 Å². The van der Waals surface area contributed by atoms with E-state index in [4.69, 9.17) is 0 Å². The van der Waals surface area contributed by atoms with E-state index in [1.165, 1.54) is 6.07 Å². The molecule has 102 valence electrons. The van der Waals surface area contributed by atoms with Gasteiger partial charge in [0.2, 0.25) is 0 Å². The van der Waals surface area contributed by atoms with Crippen LogP contribution in [0.25, 0.3) is 0 Å². The SMILES string of the molecule is Cc1n[nH]c(C)c1NCc1ccccc1OC(F)F. The maximum Gasteiger partial charge on any atom is 0.387 e. The molecule has 0 saturated carbocycles. The molecular formula is C13H15F2N3O. The van der Waals surface area contributed by atoms with E-state index in [0.29, 0.717) is 12.1 Å². The van der Waals surface area contributed by atoms with Gasteiger partial charge in [0.1, 0.15) is 5.75 Å². The van der Waals surface area contributed by atoms with Gasteiger partial charge in [-0.15, -0.1) is 0 Å². The largest absolute Gasteiger partial charge is 0.434 e. The van der Waals surface area contributed by atoms with Crippen molar-refractivity contribution >= 4 is 5.69 Å². The number of aryl methyl sites for hydroxylation is 2. The molecule has 1 heterocycles. The van der Waals surface area contributed by atoms with E-state index < -0.39 is 6.61 Å². The Balaban J connectivity index is 2.11. The van der Waals surface area contributed by atoms with Crippen molar-refractivity contribution in [1.29, 1.82) is 0 Å². The fraction of sp³-hybridized carbons (Fsp3) is 0.308. The number of rotatable bonds is 5. The Morgan fingerprint density at radius 2 is 2.05 bits per heavy atom. The van der Waals surface area contributed by atoms with Crippen LogP contribution in [0.5, 0.6) is 5.75 Å². The highest BCUT2D eigenvalue weighted by atomic mass is 19.3. The van der Waals surface area contributed by atoms with Gasteiger partial charge in [0.15, 0.2) is 0 Å². The standard InChI is InChI=1S/C13H15F2N3O/c1-8-12(9(2)18-17-8)16-7-10-5-3-4-6-11(10)19-13(14)15/h3-6,13,16H,7H2,1-2H3,(H,17,18). The molecule has 2 rings (SSSR count). The molecule has 2 N–H and O–H groups in total.